The van der Waals surface area contributed by atoms with Crippen LogP contribution in [0.2, 0.25) is 0 Å². The summed E-state index contributed by atoms with van der Waals surface area (Å²) in [5.74, 6) is 1.85. The lowest BCUT2D eigenvalue weighted by molar-refractivity contribution is 0.192. The monoisotopic (exact) mass is 430 g/mol. The van der Waals surface area contributed by atoms with E-state index in [4.69, 9.17) is 4.74 Å². The van der Waals surface area contributed by atoms with Gasteiger partial charge in [-0.05, 0) is 30.2 Å². The first-order chi connectivity index (χ1) is 14.0. The molecule has 0 unspecified atom stereocenters. The maximum absolute atomic E-state index is 12.0. The molecular weight excluding hydrogens is 408 g/mol. The van der Waals surface area contributed by atoms with E-state index in [0.29, 0.717) is 25.3 Å². The predicted octanol–water partition coefficient (Wildman–Crippen LogP) is 2.80. The van der Waals surface area contributed by atoms with E-state index in [-0.39, 0.29) is 17.5 Å². The Morgan fingerprint density at radius 3 is 2.59 bits per heavy atom. The van der Waals surface area contributed by atoms with E-state index >= 15 is 0 Å². The predicted molar refractivity (Wildman–Crippen MR) is 112 cm³/mol. The van der Waals surface area contributed by atoms with Crippen LogP contribution in [0.25, 0.3) is 10.8 Å². The standard InChI is InChI=1S/C20H22N4O3S2/c1-27-18-5-3-15(4-6-18)11-24(17-7-10-29(25,26)14-17)12-16-13-28-20(23-16)19-21-8-2-9-22-19/h2-6,8-9,13,17H,7,10-12,14H2,1H3/t17-/m0/s1. The van der Waals surface area contributed by atoms with Crippen LogP contribution in [0.1, 0.15) is 17.7 Å². The molecule has 0 saturated carbocycles. The molecule has 1 aromatic carbocycles. The lowest BCUT2D eigenvalue weighted by Gasteiger charge is -2.27. The van der Waals surface area contributed by atoms with E-state index in [9.17, 15) is 8.42 Å². The van der Waals surface area contributed by atoms with E-state index in [2.05, 4.69) is 19.9 Å². The van der Waals surface area contributed by atoms with Gasteiger partial charge in [0.2, 0.25) is 0 Å². The molecule has 1 aliphatic rings. The first kappa shape index (κ1) is 19.9. The number of nitrogens with zero attached hydrogens (tertiary/aromatic N) is 4. The van der Waals surface area contributed by atoms with Crippen molar-refractivity contribution in [2.45, 2.75) is 25.6 Å². The minimum atomic E-state index is -2.97. The average molecular weight is 431 g/mol. The summed E-state index contributed by atoms with van der Waals surface area (Å²) >= 11 is 1.50. The topological polar surface area (TPSA) is 85.3 Å². The van der Waals surface area contributed by atoms with E-state index in [1.165, 1.54) is 11.3 Å². The SMILES string of the molecule is COc1ccc(CN(Cc2csc(-c3ncccn3)n2)[C@H]2CCS(=O)(=O)C2)cc1. The molecule has 1 saturated heterocycles. The quantitative estimate of drug-likeness (QED) is 0.570. The zero-order chi connectivity index (χ0) is 20.3. The summed E-state index contributed by atoms with van der Waals surface area (Å²) in [4.78, 5) is 15.4. The van der Waals surface area contributed by atoms with Gasteiger partial charge in [-0.2, -0.15) is 0 Å². The second-order valence-corrected chi connectivity index (χ2v) is 10.1. The molecule has 2 aromatic heterocycles. The number of benzene rings is 1. The zero-order valence-corrected chi connectivity index (χ0v) is 17.7. The van der Waals surface area contributed by atoms with Crippen LogP contribution >= 0.6 is 11.3 Å². The summed E-state index contributed by atoms with van der Waals surface area (Å²) in [7, 11) is -1.33. The first-order valence-corrected chi connectivity index (χ1v) is 12.0. The van der Waals surface area contributed by atoms with Gasteiger partial charge >= 0.3 is 0 Å². The molecule has 3 aromatic rings. The van der Waals surface area contributed by atoms with Crippen molar-refractivity contribution in [3.63, 3.8) is 0 Å². The largest absolute Gasteiger partial charge is 0.497 e. The number of hydrogen-bond acceptors (Lipinski definition) is 8. The molecule has 0 aliphatic carbocycles. The van der Waals surface area contributed by atoms with E-state index in [0.717, 1.165) is 22.0 Å². The number of methoxy groups -OCH3 is 1. The van der Waals surface area contributed by atoms with E-state index in [1.54, 1.807) is 25.6 Å². The summed E-state index contributed by atoms with van der Waals surface area (Å²) in [5, 5.41) is 2.76. The Kier molecular flexibility index (Phi) is 5.89. The van der Waals surface area contributed by atoms with E-state index < -0.39 is 9.84 Å². The normalized spacial score (nSPS) is 18.2. The van der Waals surface area contributed by atoms with Crippen LogP contribution in [0.15, 0.2) is 48.1 Å². The molecule has 29 heavy (non-hydrogen) atoms. The molecule has 0 amide bonds. The molecule has 0 bridgehead atoms. The molecule has 0 spiro atoms. The molecule has 1 atom stereocenters. The van der Waals surface area contributed by atoms with Gasteiger partial charge in [0.05, 0.1) is 24.3 Å². The van der Waals surface area contributed by atoms with Gasteiger partial charge in [0, 0.05) is 36.9 Å². The maximum Gasteiger partial charge on any atom is 0.188 e. The van der Waals surface area contributed by atoms with Gasteiger partial charge in [-0.15, -0.1) is 11.3 Å². The van der Waals surface area contributed by atoms with E-state index in [1.807, 2.05) is 29.6 Å². The smallest absolute Gasteiger partial charge is 0.188 e. The zero-order valence-electron chi connectivity index (χ0n) is 16.1. The fourth-order valence-electron chi connectivity index (χ4n) is 3.44. The van der Waals surface area contributed by atoms with Gasteiger partial charge in [-0.25, -0.2) is 23.4 Å². The van der Waals surface area contributed by atoms with Gasteiger partial charge in [-0.1, -0.05) is 12.1 Å². The summed E-state index contributed by atoms with van der Waals surface area (Å²) in [5.41, 5.74) is 2.01. The maximum atomic E-state index is 12.0. The van der Waals surface area contributed by atoms with Crippen LogP contribution in [0, 0.1) is 0 Å². The molecule has 4 rings (SSSR count). The van der Waals surface area contributed by atoms with Crippen LogP contribution in [0.4, 0.5) is 0 Å². The minimum absolute atomic E-state index is 0.0137. The number of sulfone groups is 1. The van der Waals surface area contributed by atoms with Gasteiger partial charge in [0.15, 0.2) is 20.7 Å². The summed E-state index contributed by atoms with van der Waals surface area (Å²) < 4.78 is 29.3. The van der Waals surface area contributed by atoms with Crippen molar-refractivity contribution in [3.8, 4) is 16.6 Å². The van der Waals surface area contributed by atoms with Crippen LogP contribution in [0.5, 0.6) is 5.75 Å². The van der Waals surface area contributed by atoms with Gasteiger partial charge < -0.3 is 4.74 Å². The molecular formula is C20H22N4O3S2. The third-order valence-electron chi connectivity index (χ3n) is 4.94. The molecule has 1 aliphatic heterocycles. The second kappa shape index (κ2) is 8.56. The molecule has 0 N–H and O–H groups in total. The Balaban J connectivity index is 1.54. The van der Waals surface area contributed by atoms with Gasteiger partial charge in [-0.3, -0.25) is 4.90 Å². The van der Waals surface area contributed by atoms with Crippen molar-refractivity contribution < 1.29 is 13.2 Å². The Bertz CT molecular complexity index is 1050. The van der Waals surface area contributed by atoms with Crippen LogP contribution in [-0.2, 0) is 22.9 Å². The summed E-state index contributed by atoms with van der Waals surface area (Å²) in [6.07, 6.45) is 4.04. The highest BCUT2D eigenvalue weighted by molar-refractivity contribution is 7.91. The first-order valence-electron chi connectivity index (χ1n) is 9.31. The molecule has 1 fully saturated rings. The van der Waals surface area contributed by atoms with Crippen LogP contribution in [-0.4, -0.2) is 52.9 Å². The Labute approximate surface area is 174 Å². The molecule has 9 heteroatoms. The fraction of sp³-hybridized carbons (Fsp3) is 0.350. The summed E-state index contributed by atoms with van der Waals surface area (Å²) in [6, 6.07) is 9.63. The summed E-state index contributed by atoms with van der Waals surface area (Å²) in [6.45, 7) is 1.23. The number of ether oxygens (including phenoxy) is 1. The van der Waals surface area contributed by atoms with Crippen molar-refractivity contribution in [1.82, 2.24) is 19.9 Å². The van der Waals surface area contributed by atoms with Crippen LogP contribution < -0.4 is 4.74 Å². The molecule has 3 heterocycles. The van der Waals surface area contributed by atoms with Crippen molar-refractivity contribution in [3.05, 3.63) is 59.4 Å². The van der Waals surface area contributed by atoms with Crippen molar-refractivity contribution in [2.75, 3.05) is 18.6 Å². The highest BCUT2D eigenvalue weighted by Crippen LogP contribution is 2.25. The second-order valence-electron chi connectivity index (χ2n) is 7.03. The van der Waals surface area contributed by atoms with Crippen LogP contribution in [0.3, 0.4) is 0 Å². The molecule has 7 nitrogen and oxygen atoms in total. The number of hydrogen-bond donors (Lipinski definition) is 0. The minimum Gasteiger partial charge on any atom is -0.497 e. The van der Waals surface area contributed by atoms with Crippen molar-refractivity contribution in [2.24, 2.45) is 0 Å². The van der Waals surface area contributed by atoms with Crippen molar-refractivity contribution >= 4 is 21.2 Å². The average Bonchev–Trinajstić information content (AvgIpc) is 3.35. The van der Waals surface area contributed by atoms with Gasteiger partial charge in [0.1, 0.15) is 5.75 Å². The highest BCUT2D eigenvalue weighted by Gasteiger charge is 2.32. The Morgan fingerprint density at radius 1 is 1.17 bits per heavy atom. The fourth-order valence-corrected chi connectivity index (χ4v) is 5.96. The van der Waals surface area contributed by atoms with Gasteiger partial charge in [0.25, 0.3) is 0 Å². The number of rotatable bonds is 7. The molecule has 0 radical (unpaired) electrons. The highest BCUT2D eigenvalue weighted by atomic mass is 32.2. The Hall–Kier alpha value is -2.36. The Morgan fingerprint density at radius 2 is 1.93 bits per heavy atom. The third kappa shape index (κ3) is 4.98. The number of thiazole rings is 1. The lowest BCUT2D eigenvalue weighted by Crippen LogP contribution is -2.35. The van der Waals surface area contributed by atoms with Crippen molar-refractivity contribution in [1.29, 1.82) is 0 Å². The third-order valence-corrected chi connectivity index (χ3v) is 7.58. The molecule has 152 valence electrons. The lowest BCUT2D eigenvalue weighted by atomic mass is 10.1. The number of aromatic nitrogens is 3.